The van der Waals surface area contributed by atoms with Crippen LogP contribution in [0.25, 0.3) is 38.1 Å². The number of pyridine rings is 1. The van der Waals surface area contributed by atoms with E-state index in [-0.39, 0.29) is 0 Å². The first-order chi connectivity index (χ1) is 17.0. The summed E-state index contributed by atoms with van der Waals surface area (Å²) in [7, 11) is 0. The van der Waals surface area contributed by atoms with Gasteiger partial charge in [0, 0.05) is 59.8 Å². The lowest BCUT2D eigenvalue weighted by atomic mass is 9.97. The van der Waals surface area contributed by atoms with Gasteiger partial charge in [0.15, 0.2) is 0 Å². The fourth-order valence-corrected chi connectivity index (χ4v) is 5.84. The van der Waals surface area contributed by atoms with Crippen molar-refractivity contribution in [3.05, 3.63) is 76.3 Å². The number of fused-ring (bicyclic) bond motifs is 10. The molecule has 0 atom stereocenters. The lowest BCUT2D eigenvalue weighted by Crippen LogP contribution is -2.31. The first-order valence-corrected chi connectivity index (χ1v) is 12.5. The molecule has 4 aromatic heterocycles. The van der Waals surface area contributed by atoms with E-state index in [1.165, 1.54) is 21.9 Å². The Labute approximate surface area is 207 Å². The number of hydrogen-bond donors (Lipinski definition) is 1. The van der Waals surface area contributed by atoms with E-state index in [2.05, 4.69) is 65.5 Å². The summed E-state index contributed by atoms with van der Waals surface area (Å²) in [4.78, 5) is 15.0. The van der Waals surface area contributed by atoms with E-state index in [1.807, 2.05) is 18.6 Å². The van der Waals surface area contributed by atoms with Crippen LogP contribution in [0.4, 0.5) is 5.95 Å². The standard InChI is InChI=1S/C28H25ClN6/c1-15(2)17-12-31-28(32-13-17)34-10-8-23-21(14-34)27-24-19-7-9-30-25(19)22(29)11-20(24)18-6-4-5-16(3)26(18)35(27)33-23/h4-7,9,11-13,15,30H,8,10,14H2,1-3H3. The summed E-state index contributed by atoms with van der Waals surface area (Å²) < 4.78 is 2.17. The van der Waals surface area contributed by atoms with Crippen molar-refractivity contribution in [2.24, 2.45) is 0 Å². The van der Waals surface area contributed by atoms with Gasteiger partial charge in [-0.25, -0.2) is 14.5 Å². The van der Waals surface area contributed by atoms with Crippen LogP contribution in [0.2, 0.25) is 5.02 Å². The molecule has 1 aliphatic rings. The molecular formula is C28H25ClN6. The number of rotatable bonds is 2. The SMILES string of the molecule is Cc1cccc2c3cc(Cl)c4[nH]ccc4c3c3c4c(nn3c12)CCN(c1ncc(C(C)C)cn1)C4. The van der Waals surface area contributed by atoms with E-state index < -0.39 is 0 Å². The molecule has 0 saturated heterocycles. The molecule has 174 valence electrons. The van der Waals surface area contributed by atoms with Crippen LogP contribution in [0.3, 0.4) is 0 Å². The molecule has 2 aromatic carbocycles. The second-order valence-corrected chi connectivity index (χ2v) is 10.3. The average Bonchev–Trinajstić information content (AvgIpc) is 3.50. The van der Waals surface area contributed by atoms with Crippen LogP contribution in [0.1, 0.15) is 42.1 Å². The third-order valence-electron chi connectivity index (χ3n) is 7.41. The number of halogens is 1. The van der Waals surface area contributed by atoms with Crippen LogP contribution in [-0.4, -0.2) is 31.1 Å². The number of anilines is 1. The maximum Gasteiger partial charge on any atom is 0.225 e. The molecule has 1 N–H and O–H groups in total. The maximum absolute atomic E-state index is 6.75. The third-order valence-corrected chi connectivity index (χ3v) is 7.71. The smallest absolute Gasteiger partial charge is 0.225 e. The molecular weight excluding hydrogens is 456 g/mol. The predicted octanol–water partition coefficient (Wildman–Crippen LogP) is 6.56. The van der Waals surface area contributed by atoms with Crippen LogP contribution in [0, 0.1) is 6.92 Å². The zero-order valence-electron chi connectivity index (χ0n) is 19.9. The van der Waals surface area contributed by atoms with E-state index in [0.717, 1.165) is 69.1 Å². The molecule has 1 aliphatic heterocycles. The quantitative estimate of drug-likeness (QED) is 0.285. The van der Waals surface area contributed by atoms with Gasteiger partial charge in [-0.2, -0.15) is 5.10 Å². The highest BCUT2D eigenvalue weighted by molar-refractivity contribution is 6.39. The molecule has 0 spiro atoms. The van der Waals surface area contributed by atoms with Crippen molar-refractivity contribution in [1.82, 2.24) is 24.6 Å². The van der Waals surface area contributed by atoms with Crippen molar-refractivity contribution >= 4 is 55.6 Å². The molecule has 6 aromatic rings. The van der Waals surface area contributed by atoms with Gasteiger partial charge in [-0.1, -0.05) is 43.6 Å². The Balaban J connectivity index is 1.53. The van der Waals surface area contributed by atoms with E-state index >= 15 is 0 Å². The summed E-state index contributed by atoms with van der Waals surface area (Å²) in [6, 6.07) is 10.7. The number of aromatic nitrogens is 5. The minimum absolute atomic E-state index is 0.412. The number of para-hydroxylation sites is 1. The Morgan fingerprint density at radius 1 is 1.03 bits per heavy atom. The average molecular weight is 481 g/mol. The topological polar surface area (TPSA) is 62.1 Å². The van der Waals surface area contributed by atoms with Gasteiger partial charge < -0.3 is 9.88 Å². The van der Waals surface area contributed by atoms with Crippen LogP contribution in [0.5, 0.6) is 0 Å². The van der Waals surface area contributed by atoms with E-state index in [4.69, 9.17) is 26.7 Å². The molecule has 5 heterocycles. The molecule has 0 fully saturated rings. The summed E-state index contributed by atoms with van der Waals surface area (Å²) in [6.45, 7) is 8.05. The number of benzene rings is 2. The Bertz CT molecular complexity index is 1780. The fraction of sp³-hybridized carbons (Fsp3) is 0.250. The second-order valence-electron chi connectivity index (χ2n) is 9.85. The Hall–Kier alpha value is -3.64. The third kappa shape index (κ3) is 2.93. The van der Waals surface area contributed by atoms with Crippen molar-refractivity contribution in [1.29, 1.82) is 0 Å². The van der Waals surface area contributed by atoms with Gasteiger partial charge in [-0.15, -0.1) is 0 Å². The van der Waals surface area contributed by atoms with Crippen molar-refractivity contribution in [3.8, 4) is 0 Å². The number of aromatic amines is 1. The summed E-state index contributed by atoms with van der Waals surface area (Å²) in [5.74, 6) is 1.19. The fourth-order valence-electron chi connectivity index (χ4n) is 5.57. The van der Waals surface area contributed by atoms with Gasteiger partial charge in [-0.05, 0) is 41.5 Å². The molecule has 7 rings (SSSR count). The van der Waals surface area contributed by atoms with Crippen LogP contribution in [0.15, 0.2) is 48.9 Å². The Kier molecular flexibility index (Phi) is 4.39. The van der Waals surface area contributed by atoms with E-state index in [0.29, 0.717) is 5.92 Å². The van der Waals surface area contributed by atoms with Crippen molar-refractivity contribution in [2.45, 2.75) is 39.7 Å². The van der Waals surface area contributed by atoms with Crippen molar-refractivity contribution in [3.63, 3.8) is 0 Å². The maximum atomic E-state index is 6.75. The Morgan fingerprint density at radius 2 is 1.86 bits per heavy atom. The molecule has 35 heavy (non-hydrogen) atoms. The summed E-state index contributed by atoms with van der Waals surface area (Å²) in [6.07, 6.45) is 6.73. The zero-order chi connectivity index (χ0) is 23.8. The summed E-state index contributed by atoms with van der Waals surface area (Å²) in [5.41, 5.74) is 8.00. The molecule has 0 unspecified atom stereocenters. The molecule has 0 aliphatic carbocycles. The molecule has 0 saturated carbocycles. The number of nitrogens with zero attached hydrogens (tertiary/aromatic N) is 5. The van der Waals surface area contributed by atoms with E-state index in [9.17, 15) is 0 Å². The lowest BCUT2D eigenvalue weighted by molar-refractivity contribution is 0.695. The first-order valence-electron chi connectivity index (χ1n) is 12.1. The van der Waals surface area contributed by atoms with Gasteiger partial charge >= 0.3 is 0 Å². The lowest BCUT2D eigenvalue weighted by Gasteiger charge is -2.26. The number of H-pyrrole nitrogens is 1. The van der Waals surface area contributed by atoms with Crippen LogP contribution >= 0.6 is 11.6 Å². The van der Waals surface area contributed by atoms with Gasteiger partial charge in [-0.3, -0.25) is 0 Å². The number of nitrogens with one attached hydrogen (secondary N) is 1. The highest BCUT2D eigenvalue weighted by Gasteiger charge is 2.27. The minimum atomic E-state index is 0.412. The zero-order valence-corrected chi connectivity index (χ0v) is 20.7. The van der Waals surface area contributed by atoms with E-state index in [1.54, 1.807) is 0 Å². The van der Waals surface area contributed by atoms with Gasteiger partial charge in [0.25, 0.3) is 0 Å². The normalized spacial score (nSPS) is 14.1. The molecule has 0 amide bonds. The molecule has 0 radical (unpaired) electrons. The number of aryl methyl sites for hydroxylation is 1. The minimum Gasteiger partial charge on any atom is -0.360 e. The first kappa shape index (κ1) is 20.7. The largest absolute Gasteiger partial charge is 0.360 e. The molecule has 6 nitrogen and oxygen atoms in total. The molecule has 0 bridgehead atoms. The van der Waals surface area contributed by atoms with Gasteiger partial charge in [0.2, 0.25) is 5.95 Å². The molecule has 7 heteroatoms. The van der Waals surface area contributed by atoms with Gasteiger partial charge in [0.1, 0.15) is 0 Å². The van der Waals surface area contributed by atoms with Crippen molar-refractivity contribution < 1.29 is 0 Å². The Morgan fingerprint density at radius 3 is 2.66 bits per heavy atom. The summed E-state index contributed by atoms with van der Waals surface area (Å²) in [5, 5.41) is 10.6. The van der Waals surface area contributed by atoms with Crippen LogP contribution in [-0.2, 0) is 13.0 Å². The monoisotopic (exact) mass is 480 g/mol. The van der Waals surface area contributed by atoms with Crippen molar-refractivity contribution in [2.75, 3.05) is 11.4 Å². The highest BCUT2D eigenvalue weighted by Crippen LogP contribution is 2.41. The van der Waals surface area contributed by atoms with Gasteiger partial charge in [0.05, 0.1) is 27.3 Å². The van der Waals surface area contributed by atoms with Crippen LogP contribution < -0.4 is 4.90 Å². The number of hydrogen-bond acceptors (Lipinski definition) is 4. The highest BCUT2D eigenvalue weighted by atomic mass is 35.5. The predicted molar refractivity (Wildman–Crippen MR) is 143 cm³/mol. The second kappa shape index (κ2) is 7.43. The summed E-state index contributed by atoms with van der Waals surface area (Å²) >= 11 is 6.75.